The van der Waals surface area contributed by atoms with Gasteiger partial charge in [0.25, 0.3) is 0 Å². The molecule has 24 heavy (non-hydrogen) atoms. The van der Waals surface area contributed by atoms with E-state index in [2.05, 4.69) is 28.7 Å². The van der Waals surface area contributed by atoms with Crippen molar-refractivity contribution < 1.29 is 4.79 Å². The van der Waals surface area contributed by atoms with Crippen molar-refractivity contribution in [2.45, 2.75) is 58.5 Å². The Balaban J connectivity index is 1.46. The van der Waals surface area contributed by atoms with Crippen molar-refractivity contribution in [2.75, 3.05) is 0 Å². The number of imidazole rings is 1. The lowest BCUT2D eigenvalue weighted by Crippen LogP contribution is -2.41. The summed E-state index contributed by atoms with van der Waals surface area (Å²) in [5.74, 6) is 3.54. The molecule has 0 saturated heterocycles. The summed E-state index contributed by atoms with van der Waals surface area (Å²) < 4.78 is 2.07. The highest BCUT2D eigenvalue weighted by Crippen LogP contribution is 2.49. The van der Waals surface area contributed by atoms with Crippen LogP contribution in [0.2, 0.25) is 0 Å². The number of para-hydroxylation sites is 2. The number of nitrogens with one attached hydrogen (secondary N) is 1. The Hall–Kier alpha value is -1.84. The lowest BCUT2D eigenvalue weighted by atomic mass is 9.84. The van der Waals surface area contributed by atoms with Crippen LogP contribution >= 0.6 is 0 Å². The minimum Gasteiger partial charge on any atom is -0.352 e. The van der Waals surface area contributed by atoms with Crippen LogP contribution in [0.5, 0.6) is 0 Å². The molecule has 1 aromatic carbocycles. The molecular weight excluding hydrogens is 298 g/mol. The highest BCUT2D eigenvalue weighted by atomic mass is 16.2. The SMILES string of the molecule is CCc1nc2ccccc2n1CC(=O)N[C@@H](C)[C@H]1C[C@H]2CC[C@H]1C2. The fraction of sp³-hybridized carbons (Fsp3) is 0.600. The van der Waals surface area contributed by atoms with Crippen molar-refractivity contribution in [1.82, 2.24) is 14.9 Å². The summed E-state index contributed by atoms with van der Waals surface area (Å²) in [5.41, 5.74) is 2.03. The van der Waals surface area contributed by atoms with Gasteiger partial charge in [-0.15, -0.1) is 0 Å². The molecule has 2 bridgehead atoms. The molecular formula is C20H27N3O. The second-order valence-corrected chi connectivity index (χ2v) is 7.65. The zero-order valence-corrected chi connectivity index (χ0v) is 14.7. The third-order valence-electron chi connectivity index (χ3n) is 6.18. The van der Waals surface area contributed by atoms with Gasteiger partial charge in [0.05, 0.1) is 11.0 Å². The Kier molecular flexibility index (Phi) is 4.07. The summed E-state index contributed by atoms with van der Waals surface area (Å²) >= 11 is 0. The number of carbonyl (C=O) groups excluding carboxylic acids is 1. The van der Waals surface area contributed by atoms with E-state index in [1.54, 1.807) is 0 Å². The normalized spacial score (nSPS) is 26.8. The van der Waals surface area contributed by atoms with Crippen LogP contribution in [-0.4, -0.2) is 21.5 Å². The first kappa shape index (κ1) is 15.7. The van der Waals surface area contributed by atoms with Crippen molar-refractivity contribution in [1.29, 1.82) is 0 Å². The third-order valence-corrected chi connectivity index (χ3v) is 6.18. The Morgan fingerprint density at radius 2 is 2.17 bits per heavy atom. The van der Waals surface area contributed by atoms with Crippen molar-refractivity contribution in [3.63, 3.8) is 0 Å². The molecule has 4 atom stereocenters. The molecule has 2 aliphatic rings. The van der Waals surface area contributed by atoms with E-state index in [9.17, 15) is 4.79 Å². The first-order chi connectivity index (χ1) is 11.7. The van der Waals surface area contributed by atoms with Gasteiger partial charge in [0, 0.05) is 12.5 Å². The summed E-state index contributed by atoms with van der Waals surface area (Å²) in [4.78, 5) is 17.3. The first-order valence-corrected chi connectivity index (χ1v) is 9.39. The average molecular weight is 325 g/mol. The number of hydrogen-bond donors (Lipinski definition) is 1. The fourth-order valence-electron chi connectivity index (χ4n) is 5.03. The lowest BCUT2D eigenvalue weighted by Gasteiger charge is -2.28. The van der Waals surface area contributed by atoms with Crippen LogP contribution in [-0.2, 0) is 17.8 Å². The Morgan fingerprint density at radius 1 is 1.33 bits per heavy atom. The Morgan fingerprint density at radius 3 is 2.88 bits per heavy atom. The zero-order chi connectivity index (χ0) is 16.7. The maximum Gasteiger partial charge on any atom is 0.240 e. The Bertz CT molecular complexity index is 750. The number of carbonyl (C=O) groups is 1. The standard InChI is InChI=1S/C20H27N3O/c1-3-19-22-17-6-4-5-7-18(17)23(19)12-20(24)21-13(2)16-11-14-8-9-15(16)10-14/h4-7,13-16H,3,8-12H2,1-2H3,(H,21,24)/t13-,14-,15-,16+/m0/s1. The summed E-state index contributed by atoms with van der Waals surface area (Å²) in [6.45, 7) is 4.65. The van der Waals surface area contributed by atoms with Crippen LogP contribution in [0.4, 0.5) is 0 Å². The smallest absolute Gasteiger partial charge is 0.240 e. The maximum atomic E-state index is 12.6. The highest BCUT2D eigenvalue weighted by molar-refractivity contribution is 5.81. The molecule has 0 aliphatic heterocycles. The van der Waals surface area contributed by atoms with Gasteiger partial charge in [-0.1, -0.05) is 25.5 Å². The van der Waals surface area contributed by atoms with Crippen LogP contribution in [0, 0.1) is 17.8 Å². The third kappa shape index (κ3) is 2.72. The number of nitrogens with zero attached hydrogens (tertiary/aromatic N) is 2. The van der Waals surface area contributed by atoms with E-state index in [1.807, 2.05) is 24.3 Å². The summed E-state index contributed by atoms with van der Waals surface area (Å²) in [6.07, 6.45) is 6.30. The Labute approximate surface area is 143 Å². The molecule has 4 heteroatoms. The molecule has 4 nitrogen and oxygen atoms in total. The lowest BCUT2D eigenvalue weighted by molar-refractivity contribution is -0.122. The molecule has 1 amide bonds. The van der Waals surface area contributed by atoms with E-state index in [0.717, 1.165) is 35.1 Å². The molecule has 1 N–H and O–H groups in total. The monoisotopic (exact) mass is 325 g/mol. The van der Waals surface area contributed by atoms with Crippen LogP contribution in [0.1, 0.15) is 45.4 Å². The quantitative estimate of drug-likeness (QED) is 0.914. The van der Waals surface area contributed by atoms with Crippen LogP contribution < -0.4 is 5.32 Å². The van der Waals surface area contributed by atoms with Gasteiger partial charge in [-0.25, -0.2) is 4.98 Å². The first-order valence-electron chi connectivity index (χ1n) is 9.39. The van der Waals surface area contributed by atoms with Gasteiger partial charge in [-0.3, -0.25) is 4.79 Å². The summed E-state index contributed by atoms with van der Waals surface area (Å²) in [5, 5.41) is 3.27. The van der Waals surface area contributed by atoms with E-state index in [0.29, 0.717) is 12.5 Å². The molecule has 4 rings (SSSR count). The number of fused-ring (bicyclic) bond motifs is 3. The molecule has 2 aromatic rings. The number of rotatable bonds is 5. The largest absolute Gasteiger partial charge is 0.352 e. The number of benzene rings is 1. The van der Waals surface area contributed by atoms with Gasteiger partial charge in [-0.2, -0.15) is 0 Å². The molecule has 0 radical (unpaired) electrons. The van der Waals surface area contributed by atoms with Gasteiger partial charge in [0.15, 0.2) is 0 Å². The zero-order valence-electron chi connectivity index (χ0n) is 14.7. The van der Waals surface area contributed by atoms with E-state index >= 15 is 0 Å². The van der Waals surface area contributed by atoms with Gasteiger partial charge in [0.1, 0.15) is 12.4 Å². The van der Waals surface area contributed by atoms with E-state index < -0.39 is 0 Å². The number of hydrogen-bond acceptors (Lipinski definition) is 2. The van der Waals surface area contributed by atoms with Crippen LogP contribution in [0.15, 0.2) is 24.3 Å². The average Bonchev–Trinajstić information content (AvgIpc) is 3.29. The molecule has 0 unspecified atom stereocenters. The van der Waals surface area contributed by atoms with Crippen LogP contribution in [0.25, 0.3) is 11.0 Å². The highest BCUT2D eigenvalue weighted by Gasteiger charge is 2.42. The fourth-order valence-corrected chi connectivity index (χ4v) is 5.03. The minimum absolute atomic E-state index is 0.114. The van der Waals surface area contributed by atoms with E-state index in [4.69, 9.17) is 0 Å². The van der Waals surface area contributed by atoms with Gasteiger partial charge in [0.2, 0.25) is 5.91 Å². The van der Waals surface area contributed by atoms with Crippen molar-refractivity contribution >= 4 is 16.9 Å². The molecule has 0 spiro atoms. The molecule has 1 aromatic heterocycles. The van der Waals surface area contributed by atoms with Crippen LogP contribution in [0.3, 0.4) is 0 Å². The second-order valence-electron chi connectivity index (χ2n) is 7.65. The molecule has 128 valence electrons. The predicted octanol–water partition coefficient (Wildman–Crippen LogP) is 3.54. The van der Waals surface area contributed by atoms with Crippen molar-refractivity contribution in [2.24, 2.45) is 17.8 Å². The predicted molar refractivity (Wildman–Crippen MR) is 95.7 cm³/mol. The molecule has 2 fully saturated rings. The minimum atomic E-state index is 0.114. The van der Waals surface area contributed by atoms with Crippen molar-refractivity contribution in [3.8, 4) is 0 Å². The van der Waals surface area contributed by atoms with Gasteiger partial charge >= 0.3 is 0 Å². The van der Waals surface area contributed by atoms with Gasteiger partial charge in [-0.05, 0) is 56.1 Å². The molecule has 2 saturated carbocycles. The van der Waals surface area contributed by atoms with Gasteiger partial charge < -0.3 is 9.88 Å². The van der Waals surface area contributed by atoms with E-state index in [1.165, 1.54) is 25.7 Å². The summed E-state index contributed by atoms with van der Waals surface area (Å²) in [7, 11) is 0. The maximum absolute atomic E-state index is 12.6. The summed E-state index contributed by atoms with van der Waals surface area (Å²) in [6, 6.07) is 8.36. The molecule has 1 heterocycles. The van der Waals surface area contributed by atoms with E-state index in [-0.39, 0.29) is 11.9 Å². The molecule has 2 aliphatic carbocycles. The number of amides is 1. The topological polar surface area (TPSA) is 46.9 Å². The number of aryl methyl sites for hydroxylation is 1. The van der Waals surface area contributed by atoms with Crippen molar-refractivity contribution in [3.05, 3.63) is 30.1 Å². The number of aromatic nitrogens is 2. The second kappa shape index (κ2) is 6.23.